The summed E-state index contributed by atoms with van der Waals surface area (Å²) in [7, 11) is 2.20. The SMILES string of the molecule is CCC1CN(Cc2nnc(NN)s2)CCN1C. The minimum Gasteiger partial charge on any atom is -0.301 e. The first kappa shape index (κ1) is 12.7. The lowest BCUT2D eigenvalue weighted by atomic mass is 10.1. The Labute approximate surface area is 106 Å². The maximum Gasteiger partial charge on any atom is 0.219 e. The van der Waals surface area contributed by atoms with E-state index in [1.807, 2.05) is 0 Å². The molecule has 0 amide bonds. The highest BCUT2D eigenvalue weighted by atomic mass is 32.1. The van der Waals surface area contributed by atoms with Crippen LogP contribution in [0.1, 0.15) is 18.4 Å². The fourth-order valence-corrected chi connectivity index (χ4v) is 2.85. The van der Waals surface area contributed by atoms with Crippen molar-refractivity contribution in [3.05, 3.63) is 5.01 Å². The zero-order valence-electron chi connectivity index (χ0n) is 10.4. The normalized spacial score (nSPS) is 22.9. The molecule has 2 rings (SSSR count). The van der Waals surface area contributed by atoms with Crippen molar-refractivity contribution >= 4 is 16.5 Å². The highest BCUT2D eigenvalue weighted by Crippen LogP contribution is 2.18. The van der Waals surface area contributed by atoms with Gasteiger partial charge < -0.3 is 4.90 Å². The van der Waals surface area contributed by atoms with Gasteiger partial charge in [-0.3, -0.25) is 10.3 Å². The Morgan fingerprint density at radius 1 is 1.47 bits per heavy atom. The molecule has 0 aliphatic carbocycles. The second-order valence-electron chi connectivity index (χ2n) is 4.42. The number of likely N-dealkylation sites (N-methyl/N-ethyl adjacent to an activating group) is 1. The molecule has 1 aromatic heterocycles. The fourth-order valence-electron chi connectivity index (χ4n) is 2.16. The van der Waals surface area contributed by atoms with Gasteiger partial charge >= 0.3 is 0 Å². The maximum absolute atomic E-state index is 5.30. The van der Waals surface area contributed by atoms with Gasteiger partial charge in [-0.2, -0.15) is 0 Å². The third-order valence-electron chi connectivity index (χ3n) is 3.28. The van der Waals surface area contributed by atoms with Gasteiger partial charge in [0.1, 0.15) is 5.01 Å². The zero-order valence-corrected chi connectivity index (χ0v) is 11.2. The number of hydrogen-bond donors (Lipinski definition) is 2. The van der Waals surface area contributed by atoms with Crippen LogP contribution in [0.2, 0.25) is 0 Å². The molecule has 96 valence electrons. The first-order valence-corrected chi connectivity index (χ1v) is 6.76. The Kier molecular flexibility index (Phi) is 4.27. The van der Waals surface area contributed by atoms with E-state index in [9.17, 15) is 0 Å². The second kappa shape index (κ2) is 5.72. The van der Waals surface area contributed by atoms with Crippen LogP contribution in [-0.2, 0) is 6.54 Å². The number of hydrazine groups is 1. The Bertz CT molecular complexity index is 354. The van der Waals surface area contributed by atoms with Crippen LogP contribution in [0.25, 0.3) is 0 Å². The number of nitrogens with two attached hydrogens (primary N) is 1. The zero-order chi connectivity index (χ0) is 12.3. The van der Waals surface area contributed by atoms with E-state index in [4.69, 9.17) is 5.84 Å². The highest BCUT2D eigenvalue weighted by Gasteiger charge is 2.23. The minimum absolute atomic E-state index is 0.656. The van der Waals surface area contributed by atoms with Gasteiger partial charge in [-0.25, -0.2) is 5.84 Å². The van der Waals surface area contributed by atoms with E-state index in [0.29, 0.717) is 11.2 Å². The molecule has 0 radical (unpaired) electrons. The summed E-state index contributed by atoms with van der Waals surface area (Å²) in [6.45, 7) is 6.45. The minimum atomic E-state index is 0.656. The van der Waals surface area contributed by atoms with E-state index in [-0.39, 0.29) is 0 Å². The molecule has 0 saturated carbocycles. The number of anilines is 1. The van der Waals surface area contributed by atoms with Crippen molar-refractivity contribution in [1.82, 2.24) is 20.0 Å². The number of aromatic nitrogens is 2. The van der Waals surface area contributed by atoms with E-state index in [0.717, 1.165) is 31.2 Å². The summed E-state index contributed by atoms with van der Waals surface area (Å²) in [6.07, 6.45) is 1.19. The number of nitrogen functional groups attached to an aromatic ring is 1. The molecule has 1 atom stereocenters. The molecule has 1 aliphatic rings. The number of piperazine rings is 1. The lowest BCUT2D eigenvalue weighted by Crippen LogP contribution is -2.50. The number of rotatable bonds is 4. The van der Waals surface area contributed by atoms with Crippen molar-refractivity contribution in [1.29, 1.82) is 0 Å². The molecule has 0 spiro atoms. The Morgan fingerprint density at radius 2 is 2.29 bits per heavy atom. The Morgan fingerprint density at radius 3 is 2.94 bits per heavy atom. The molecule has 1 aromatic rings. The average molecular weight is 256 g/mol. The molecule has 0 aromatic carbocycles. The van der Waals surface area contributed by atoms with Gasteiger partial charge in [0.25, 0.3) is 0 Å². The van der Waals surface area contributed by atoms with Crippen molar-refractivity contribution in [2.75, 3.05) is 32.1 Å². The van der Waals surface area contributed by atoms with Gasteiger partial charge in [0.05, 0.1) is 6.54 Å². The first-order valence-electron chi connectivity index (χ1n) is 5.94. The number of hydrogen-bond acceptors (Lipinski definition) is 7. The van der Waals surface area contributed by atoms with Crippen molar-refractivity contribution in [3.8, 4) is 0 Å². The molecule has 3 N–H and O–H groups in total. The predicted octanol–water partition coefficient (Wildman–Crippen LogP) is 0.350. The quantitative estimate of drug-likeness (QED) is 0.598. The molecule has 2 heterocycles. The Balaban J connectivity index is 1.90. The maximum atomic E-state index is 5.30. The molecular weight excluding hydrogens is 236 g/mol. The van der Waals surface area contributed by atoms with Crippen molar-refractivity contribution < 1.29 is 0 Å². The van der Waals surface area contributed by atoms with E-state index >= 15 is 0 Å². The summed E-state index contributed by atoms with van der Waals surface area (Å²) < 4.78 is 0. The predicted molar refractivity (Wildman–Crippen MR) is 69.7 cm³/mol. The van der Waals surface area contributed by atoms with E-state index in [1.54, 1.807) is 0 Å². The van der Waals surface area contributed by atoms with Gasteiger partial charge in [-0.1, -0.05) is 18.3 Å². The lowest BCUT2D eigenvalue weighted by molar-refractivity contribution is 0.0882. The molecule has 0 bridgehead atoms. The summed E-state index contributed by atoms with van der Waals surface area (Å²) in [5, 5.41) is 9.78. The van der Waals surface area contributed by atoms with E-state index in [2.05, 4.69) is 39.4 Å². The Hall–Kier alpha value is -0.760. The van der Waals surface area contributed by atoms with Crippen LogP contribution in [-0.4, -0.2) is 52.7 Å². The van der Waals surface area contributed by atoms with Crippen LogP contribution in [0.4, 0.5) is 5.13 Å². The topological polar surface area (TPSA) is 70.3 Å². The van der Waals surface area contributed by atoms with Gasteiger partial charge in [0, 0.05) is 25.7 Å². The standard InChI is InChI=1S/C10H20N6S/c1-3-8-6-16(5-4-15(8)2)7-9-13-14-10(12-11)17-9/h8H,3-7,11H2,1-2H3,(H,12,14). The lowest BCUT2D eigenvalue weighted by Gasteiger charge is -2.38. The smallest absolute Gasteiger partial charge is 0.219 e. The van der Waals surface area contributed by atoms with E-state index in [1.165, 1.54) is 17.8 Å². The van der Waals surface area contributed by atoms with Crippen LogP contribution in [0, 0.1) is 0 Å². The summed E-state index contributed by atoms with van der Waals surface area (Å²) in [4.78, 5) is 4.87. The highest BCUT2D eigenvalue weighted by molar-refractivity contribution is 7.15. The van der Waals surface area contributed by atoms with Crippen LogP contribution in [0.5, 0.6) is 0 Å². The van der Waals surface area contributed by atoms with Crippen molar-refractivity contribution in [3.63, 3.8) is 0 Å². The van der Waals surface area contributed by atoms with Gasteiger partial charge in [-0.15, -0.1) is 10.2 Å². The van der Waals surface area contributed by atoms with Crippen molar-refractivity contribution in [2.45, 2.75) is 25.9 Å². The van der Waals surface area contributed by atoms with Gasteiger partial charge in [0.2, 0.25) is 5.13 Å². The van der Waals surface area contributed by atoms with Gasteiger partial charge in [0.15, 0.2) is 0 Å². The van der Waals surface area contributed by atoms with Crippen LogP contribution in [0.15, 0.2) is 0 Å². The summed E-state index contributed by atoms with van der Waals surface area (Å²) in [5.41, 5.74) is 2.53. The molecular formula is C10H20N6S. The van der Waals surface area contributed by atoms with Crippen LogP contribution >= 0.6 is 11.3 Å². The number of nitrogens with one attached hydrogen (secondary N) is 1. The largest absolute Gasteiger partial charge is 0.301 e. The first-order chi connectivity index (χ1) is 8.22. The van der Waals surface area contributed by atoms with E-state index < -0.39 is 0 Å². The molecule has 6 nitrogen and oxygen atoms in total. The monoisotopic (exact) mass is 256 g/mol. The molecule has 17 heavy (non-hydrogen) atoms. The third-order valence-corrected chi connectivity index (χ3v) is 4.12. The molecule has 1 fully saturated rings. The van der Waals surface area contributed by atoms with Crippen LogP contribution < -0.4 is 11.3 Å². The van der Waals surface area contributed by atoms with Gasteiger partial charge in [-0.05, 0) is 13.5 Å². The second-order valence-corrected chi connectivity index (χ2v) is 5.49. The third kappa shape index (κ3) is 3.12. The molecule has 1 unspecified atom stereocenters. The average Bonchev–Trinajstić information content (AvgIpc) is 2.79. The summed E-state index contributed by atoms with van der Waals surface area (Å²) >= 11 is 1.52. The summed E-state index contributed by atoms with van der Waals surface area (Å²) in [6, 6.07) is 0.656. The summed E-state index contributed by atoms with van der Waals surface area (Å²) in [5.74, 6) is 5.30. The fraction of sp³-hybridized carbons (Fsp3) is 0.800. The number of nitrogens with zero attached hydrogens (tertiary/aromatic N) is 4. The molecule has 1 saturated heterocycles. The van der Waals surface area contributed by atoms with Crippen molar-refractivity contribution in [2.24, 2.45) is 5.84 Å². The molecule has 7 heteroatoms. The van der Waals surface area contributed by atoms with Crippen LogP contribution in [0.3, 0.4) is 0 Å². The molecule has 1 aliphatic heterocycles.